The summed E-state index contributed by atoms with van der Waals surface area (Å²) >= 11 is 0. The average Bonchev–Trinajstić information content (AvgIpc) is 3.00. The maximum atomic E-state index is 12.9. The van der Waals surface area contributed by atoms with Gasteiger partial charge in [0.2, 0.25) is 0 Å². The van der Waals surface area contributed by atoms with E-state index in [1.54, 1.807) is 24.9 Å². The van der Waals surface area contributed by atoms with Crippen LogP contribution < -0.4 is 10.6 Å². The van der Waals surface area contributed by atoms with E-state index in [0.29, 0.717) is 24.4 Å². The summed E-state index contributed by atoms with van der Waals surface area (Å²) in [6.07, 6.45) is 2.26. The van der Waals surface area contributed by atoms with Gasteiger partial charge in [0, 0.05) is 13.3 Å². The van der Waals surface area contributed by atoms with E-state index in [0.717, 1.165) is 0 Å². The lowest BCUT2D eigenvalue weighted by atomic mass is 10.0. The van der Waals surface area contributed by atoms with Crippen molar-refractivity contribution in [3.8, 4) is 0 Å². The van der Waals surface area contributed by atoms with Crippen LogP contribution in [0.15, 0.2) is 36.7 Å². The van der Waals surface area contributed by atoms with E-state index in [9.17, 15) is 14.3 Å². The van der Waals surface area contributed by atoms with Crippen LogP contribution in [-0.2, 0) is 11.3 Å². The first-order chi connectivity index (χ1) is 11.5. The molecule has 3 N–H and O–H groups in total. The van der Waals surface area contributed by atoms with Gasteiger partial charge in [-0.1, -0.05) is 12.1 Å². The van der Waals surface area contributed by atoms with Gasteiger partial charge in [0.25, 0.3) is 0 Å². The maximum absolute atomic E-state index is 12.9. The van der Waals surface area contributed by atoms with Crippen molar-refractivity contribution in [2.45, 2.75) is 25.6 Å². The number of rotatable bonds is 7. The number of urea groups is 1. The topological polar surface area (TPSA) is 88.4 Å². The van der Waals surface area contributed by atoms with E-state index >= 15 is 0 Å². The first-order valence-electron chi connectivity index (χ1n) is 7.52. The molecular weight excluding hydrogens is 315 g/mol. The fourth-order valence-corrected chi connectivity index (χ4v) is 2.14. The number of benzene rings is 1. The lowest BCUT2D eigenvalue weighted by molar-refractivity contribution is 0.139. The van der Waals surface area contributed by atoms with Crippen molar-refractivity contribution in [1.29, 1.82) is 0 Å². The molecule has 130 valence electrons. The molecule has 0 saturated carbocycles. The molecule has 0 fully saturated rings. The lowest BCUT2D eigenvalue weighted by Gasteiger charge is -2.20. The highest BCUT2D eigenvalue weighted by atomic mass is 19.1. The van der Waals surface area contributed by atoms with Crippen LogP contribution in [0, 0.1) is 5.82 Å². The molecule has 2 amide bonds. The number of methoxy groups -OCH3 is 1. The minimum atomic E-state index is -0.944. The van der Waals surface area contributed by atoms with Gasteiger partial charge in [-0.2, -0.15) is 5.10 Å². The summed E-state index contributed by atoms with van der Waals surface area (Å²) < 4.78 is 19.5. The quantitative estimate of drug-likeness (QED) is 0.721. The molecule has 2 unspecified atom stereocenters. The normalized spacial score (nSPS) is 13.3. The summed E-state index contributed by atoms with van der Waals surface area (Å²) in [7, 11) is 1.60. The highest BCUT2D eigenvalue weighted by molar-refractivity contribution is 5.89. The van der Waals surface area contributed by atoms with Crippen LogP contribution in [0.2, 0.25) is 0 Å². The number of aliphatic hydroxyl groups excluding tert-OH is 1. The lowest BCUT2D eigenvalue weighted by Crippen LogP contribution is -2.39. The monoisotopic (exact) mass is 336 g/mol. The van der Waals surface area contributed by atoms with Crippen LogP contribution in [0.3, 0.4) is 0 Å². The third-order valence-corrected chi connectivity index (χ3v) is 3.46. The zero-order valence-electron chi connectivity index (χ0n) is 13.6. The fourth-order valence-electron chi connectivity index (χ4n) is 2.14. The first kappa shape index (κ1) is 17.9. The summed E-state index contributed by atoms with van der Waals surface area (Å²) in [5.41, 5.74) is 1.06. The molecular formula is C16H21FN4O3. The molecule has 0 spiro atoms. The fraction of sp³-hybridized carbons (Fsp3) is 0.375. The highest BCUT2D eigenvalue weighted by Gasteiger charge is 2.18. The van der Waals surface area contributed by atoms with E-state index in [4.69, 9.17) is 4.74 Å². The largest absolute Gasteiger partial charge is 0.386 e. The van der Waals surface area contributed by atoms with Crippen molar-refractivity contribution >= 4 is 11.7 Å². The average molecular weight is 336 g/mol. The van der Waals surface area contributed by atoms with Crippen molar-refractivity contribution in [2.75, 3.05) is 19.0 Å². The van der Waals surface area contributed by atoms with E-state index in [1.165, 1.54) is 30.5 Å². The number of nitrogens with one attached hydrogen (secondary N) is 2. The molecule has 0 aliphatic carbocycles. The predicted octanol–water partition coefficient (Wildman–Crippen LogP) is 1.91. The third kappa shape index (κ3) is 5.04. The Morgan fingerprint density at radius 3 is 2.79 bits per heavy atom. The number of aliphatic hydroxyl groups is 1. The van der Waals surface area contributed by atoms with Gasteiger partial charge in [0.15, 0.2) is 0 Å². The van der Waals surface area contributed by atoms with Crippen molar-refractivity contribution in [3.05, 3.63) is 48.0 Å². The molecule has 0 bridgehead atoms. The van der Waals surface area contributed by atoms with Gasteiger partial charge in [-0.05, 0) is 24.6 Å². The molecule has 1 heterocycles. The molecule has 2 atom stereocenters. The van der Waals surface area contributed by atoms with Crippen molar-refractivity contribution in [1.82, 2.24) is 15.1 Å². The van der Waals surface area contributed by atoms with Gasteiger partial charge < -0.3 is 20.5 Å². The Kier molecular flexibility index (Phi) is 6.28. The van der Waals surface area contributed by atoms with Gasteiger partial charge in [-0.15, -0.1) is 0 Å². The second-order valence-corrected chi connectivity index (χ2v) is 5.37. The Labute approximate surface area is 139 Å². The number of carbonyl (C=O) groups excluding carboxylic acids is 1. The second kappa shape index (κ2) is 8.42. The number of carbonyl (C=O) groups is 1. The van der Waals surface area contributed by atoms with E-state index in [1.807, 2.05) is 0 Å². The molecule has 2 rings (SSSR count). The molecule has 1 aromatic carbocycles. The summed E-state index contributed by atoms with van der Waals surface area (Å²) in [4.78, 5) is 12.0. The Bertz CT molecular complexity index is 660. The number of nitrogens with zero attached hydrogens (tertiary/aromatic N) is 2. The zero-order chi connectivity index (χ0) is 17.5. The van der Waals surface area contributed by atoms with Gasteiger partial charge in [-0.3, -0.25) is 4.68 Å². The summed E-state index contributed by atoms with van der Waals surface area (Å²) in [6.45, 7) is 2.77. The molecule has 8 heteroatoms. The number of hydrogen-bond acceptors (Lipinski definition) is 4. The van der Waals surface area contributed by atoms with E-state index in [-0.39, 0.29) is 5.82 Å². The van der Waals surface area contributed by atoms with Crippen molar-refractivity contribution in [3.63, 3.8) is 0 Å². The summed E-state index contributed by atoms with van der Waals surface area (Å²) in [5, 5.41) is 19.6. The zero-order valence-corrected chi connectivity index (χ0v) is 13.6. The minimum absolute atomic E-state index is 0.380. The SMILES string of the molecule is COCCn1cc(NC(=O)NC(C)C(O)c2ccc(F)cc2)cn1. The van der Waals surface area contributed by atoms with Crippen LogP contribution in [0.5, 0.6) is 0 Å². The summed E-state index contributed by atoms with van der Waals surface area (Å²) in [5.74, 6) is -0.380. The Balaban J connectivity index is 1.86. The summed E-state index contributed by atoms with van der Waals surface area (Å²) in [6, 6.07) is 4.47. The van der Waals surface area contributed by atoms with Crippen LogP contribution in [-0.4, -0.2) is 40.7 Å². The molecule has 7 nitrogen and oxygen atoms in total. The number of amides is 2. The van der Waals surface area contributed by atoms with Gasteiger partial charge in [0.1, 0.15) is 5.82 Å². The third-order valence-electron chi connectivity index (χ3n) is 3.46. The van der Waals surface area contributed by atoms with Crippen LogP contribution in [0.25, 0.3) is 0 Å². The predicted molar refractivity (Wildman–Crippen MR) is 87.1 cm³/mol. The van der Waals surface area contributed by atoms with Crippen molar-refractivity contribution in [2.24, 2.45) is 0 Å². The number of anilines is 1. The Hall–Kier alpha value is -2.45. The van der Waals surface area contributed by atoms with Gasteiger partial charge in [0.05, 0.1) is 37.2 Å². The standard InChI is InChI=1S/C16H21FN4O3/c1-11(15(22)12-3-5-13(17)6-4-12)19-16(23)20-14-9-18-21(10-14)7-8-24-2/h3-6,9-11,15,22H,7-8H2,1-2H3,(H2,19,20,23). The van der Waals surface area contributed by atoms with E-state index < -0.39 is 18.2 Å². The molecule has 1 aromatic heterocycles. The molecule has 0 saturated heterocycles. The van der Waals surface area contributed by atoms with Crippen molar-refractivity contribution < 1.29 is 19.0 Å². The van der Waals surface area contributed by atoms with Crippen LogP contribution in [0.4, 0.5) is 14.9 Å². The van der Waals surface area contributed by atoms with Crippen LogP contribution in [0.1, 0.15) is 18.6 Å². The number of hydrogen-bond donors (Lipinski definition) is 3. The molecule has 2 aromatic rings. The molecule has 0 radical (unpaired) electrons. The Morgan fingerprint density at radius 2 is 2.12 bits per heavy atom. The number of aromatic nitrogens is 2. The Morgan fingerprint density at radius 1 is 1.42 bits per heavy atom. The van der Waals surface area contributed by atoms with E-state index in [2.05, 4.69) is 15.7 Å². The molecule has 0 aliphatic heterocycles. The first-order valence-corrected chi connectivity index (χ1v) is 7.52. The maximum Gasteiger partial charge on any atom is 0.319 e. The number of ether oxygens (including phenoxy) is 1. The van der Waals surface area contributed by atoms with Gasteiger partial charge >= 0.3 is 6.03 Å². The van der Waals surface area contributed by atoms with Gasteiger partial charge in [-0.25, -0.2) is 9.18 Å². The molecule has 24 heavy (non-hydrogen) atoms. The minimum Gasteiger partial charge on any atom is -0.386 e. The smallest absolute Gasteiger partial charge is 0.319 e. The molecule has 0 aliphatic rings. The number of halogens is 1. The second-order valence-electron chi connectivity index (χ2n) is 5.37. The van der Waals surface area contributed by atoms with Crippen LogP contribution >= 0.6 is 0 Å². The highest BCUT2D eigenvalue weighted by Crippen LogP contribution is 2.17.